The Labute approximate surface area is 278 Å². The number of carbonyl (C=O) groups is 6. The molecule has 0 aromatic heterocycles. The lowest BCUT2D eigenvalue weighted by atomic mass is 9.60. The summed E-state index contributed by atoms with van der Waals surface area (Å²) in [5, 5.41) is 73.6. The van der Waals surface area contributed by atoms with Crippen molar-refractivity contribution in [3.05, 3.63) is 117 Å². The van der Waals surface area contributed by atoms with Crippen LogP contribution < -0.4 is 0 Å². The topological polar surface area (TPSA) is 262 Å². The average molecular weight is 683 g/mol. The smallest absolute Gasteiger partial charge is 0.347 e. The number of esters is 2. The van der Waals surface area contributed by atoms with Crippen molar-refractivity contribution in [3.63, 3.8) is 0 Å². The second-order valence-electron chi connectivity index (χ2n) is 12.0. The molecular formula is C35H22O15. The highest BCUT2D eigenvalue weighted by Crippen LogP contribution is 2.59. The van der Waals surface area contributed by atoms with Gasteiger partial charge < -0.3 is 45.2 Å². The number of ketones is 2. The van der Waals surface area contributed by atoms with Crippen LogP contribution in [0.1, 0.15) is 17.5 Å². The van der Waals surface area contributed by atoms with Gasteiger partial charge in [0.15, 0.2) is 28.8 Å². The number of benzene rings is 2. The number of carboxylic acids is 2. The van der Waals surface area contributed by atoms with E-state index >= 15 is 0 Å². The monoisotopic (exact) mass is 682 g/mol. The summed E-state index contributed by atoms with van der Waals surface area (Å²) in [5.41, 5.74) is -6.13. The van der Waals surface area contributed by atoms with Crippen LogP contribution in [0.3, 0.4) is 0 Å². The summed E-state index contributed by atoms with van der Waals surface area (Å²) in [6.07, 6.45) is 1.57. The lowest BCUT2D eigenvalue weighted by Gasteiger charge is -2.44. The maximum Gasteiger partial charge on any atom is 0.347 e. The number of hydrogen-bond donors (Lipinski definition) is 7. The van der Waals surface area contributed by atoms with Gasteiger partial charge in [-0.25, -0.2) is 19.2 Å². The summed E-state index contributed by atoms with van der Waals surface area (Å²) in [7, 11) is 0. The predicted octanol–water partition coefficient (Wildman–Crippen LogP) is 2.13. The second kappa shape index (κ2) is 10.9. The number of hydrogen-bond acceptors (Lipinski definition) is 13. The van der Waals surface area contributed by atoms with E-state index in [-0.39, 0.29) is 28.2 Å². The Hall–Kier alpha value is -6.74. The number of Topliss-reactive ketones (excluding diaryl/α,β-unsaturated/α-hetero) is 1. The molecule has 4 unspecified atom stereocenters. The van der Waals surface area contributed by atoms with Crippen molar-refractivity contribution in [3.8, 4) is 11.5 Å². The number of aliphatic hydroxyl groups excluding tert-OH is 2. The number of allylic oxidation sites excluding steroid dienone is 1. The van der Waals surface area contributed by atoms with Gasteiger partial charge in [0.2, 0.25) is 0 Å². The van der Waals surface area contributed by atoms with Crippen LogP contribution in [0.25, 0.3) is 11.1 Å². The molecule has 7 rings (SSSR count). The van der Waals surface area contributed by atoms with E-state index in [4.69, 9.17) is 9.47 Å². The first-order valence-corrected chi connectivity index (χ1v) is 14.7. The van der Waals surface area contributed by atoms with E-state index in [1.54, 1.807) is 0 Å². The minimum absolute atomic E-state index is 0.0721. The summed E-state index contributed by atoms with van der Waals surface area (Å²) >= 11 is 0. The van der Waals surface area contributed by atoms with Gasteiger partial charge in [0.25, 0.3) is 0 Å². The maximum atomic E-state index is 13.7. The van der Waals surface area contributed by atoms with Gasteiger partial charge in [-0.1, -0.05) is 30.3 Å². The first-order chi connectivity index (χ1) is 23.6. The molecule has 2 aromatic carbocycles. The fraction of sp³-hybridized carbons (Fsp3) is 0.143. The Morgan fingerprint density at radius 2 is 1.12 bits per heavy atom. The summed E-state index contributed by atoms with van der Waals surface area (Å²) in [4.78, 5) is 78.3. The number of rotatable bonds is 6. The fourth-order valence-corrected chi connectivity index (χ4v) is 7.23. The van der Waals surface area contributed by atoms with E-state index in [0.29, 0.717) is 0 Å². The highest BCUT2D eigenvalue weighted by atomic mass is 16.6. The summed E-state index contributed by atoms with van der Waals surface area (Å²) in [6.45, 7) is 0. The molecule has 2 aromatic rings. The summed E-state index contributed by atoms with van der Waals surface area (Å²) in [5.74, 6) is -16.0. The molecule has 0 saturated heterocycles. The van der Waals surface area contributed by atoms with Crippen LogP contribution in [-0.2, 0) is 38.2 Å². The zero-order valence-corrected chi connectivity index (χ0v) is 25.1. The SMILES string of the molecule is O=C(O)C(=C1OC(=O)C(C2=CC(=O)C3(O)C4C(=O)CC3C2C=C4C2=C(O)C(=C(C(=O)O)c3ccc(O)cc3)OC2=O)=C1O)c1ccc(O)cc1. The Bertz CT molecular complexity index is 2210. The minimum atomic E-state index is -2.50. The molecule has 0 radical (unpaired) electrons. The van der Waals surface area contributed by atoms with Crippen LogP contribution in [0.5, 0.6) is 11.5 Å². The minimum Gasteiger partial charge on any atom is -0.508 e. The number of ether oxygens (including phenoxy) is 2. The number of aliphatic hydroxyl groups is 3. The van der Waals surface area contributed by atoms with E-state index in [2.05, 4.69) is 0 Å². The Morgan fingerprint density at radius 1 is 0.680 bits per heavy atom. The number of aromatic hydroxyl groups is 2. The predicted molar refractivity (Wildman–Crippen MR) is 163 cm³/mol. The molecule has 7 N–H and O–H groups in total. The van der Waals surface area contributed by atoms with E-state index in [1.165, 1.54) is 30.3 Å². The van der Waals surface area contributed by atoms with Crippen molar-refractivity contribution in [1.82, 2.24) is 0 Å². The highest BCUT2D eigenvalue weighted by Gasteiger charge is 2.67. The first-order valence-electron chi connectivity index (χ1n) is 14.7. The number of phenols is 2. The third-order valence-electron chi connectivity index (χ3n) is 9.37. The van der Waals surface area contributed by atoms with Crippen molar-refractivity contribution in [2.24, 2.45) is 17.8 Å². The van der Waals surface area contributed by atoms with Crippen LogP contribution in [-0.4, -0.2) is 76.8 Å². The number of aliphatic carboxylic acids is 2. The Kier molecular flexibility index (Phi) is 6.94. The van der Waals surface area contributed by atoms with Crippen molar-refractivity contribution >= 4 is 46.6 Å². The average Bonchev–Trinajstić information content (AvgIpc) is 3.56. The van der Waals surface area contributed by atoms with Crippen LogP contribution in [0.2, 0.25) is 0 Å². The van der Waals surface area contributed by atoms with E-state index in [0.717, 1.165) is 30.3 Å². The van der Waals surface area contributed by atoms with Crippen LogP contribution >= 0.6 is 0 Å². The molecule has 4 bridgehead atoms. The van der Waals surface area contributed by atoms with Crippen molar-refractivity contribution in [2.75, 3.05) is 0 Å². The lowest BCUT2D eigenvalue weighted by molar-refractivity contribution is -0.146. The van der Waals surface area contributed by atoms with Gasteiger partial charge >= 0.3 is 23.9 Å². The molecule has 3 aliphatic carbocycles. The van der Waals surface area contributed by atoms with Crippen molar-refractivity contribution < 1.29 is 74.0 Å². The zero-order chi connectivity index (χ0) is 36.0. The lowest BCUT2D eigenvalue weighted by Crippen LogP contribution is -2.55. The molecule has 50 heavy (non-hydrogen) atoms. The van der Waals surface area contributed by atoms with E-state index in [1.807, 2.05) is 0 Å². The molecule has 2 aliphatic heterocycles. The Balaban J connectivity index is 1.41. The third-order valence-corrected chi connectivity index (χ3v) is 9.37. The van der Waals surface area contributed by atoms with Gasteiger partial charge in [-0.3, -0.25) is 9.59 Å². The van der Waals surface area contributed by atoms with Crippen LogP contribution in [0.4, 0.5) is 0 Å². The van der Waals surface area contributed by atoms with Gasteiger partial charge in [0, 0.05) is 18.3 Å². The Morgan fingerprint density at radius 3 is 1.56 bits per heavy atom. The number of phenolic OH excluding ortho intramolecular Hbond substituents is 2. The summed E-state index contributed by atoms with van der Waals surface area (Å²) in [6, 6.07) is 9.36. The van der Waals surface area contributed by atoms with Crippen LogP contribution in [0.15, 0.2) is 106 Å². The molecular weight excluding hydrogens is 660 g/mol. The third kappa shape index (κ3) is 4.40. The quantitative estimate of drug-likeness (QED) is 0.170. The van der Waals surface area contributed by atoms with Gasteiger partial charge in [-0.2, -0.15) is 0 Å². The van der Waals surface area contributed by atoms with Crippen molar-refractivity contribution in [2.45, 2.75) is 12.0 Å². The fourth-order valence-electron chi connectivity index (χ4n) is 7.23. The van der Waals surface area contributed by atoms with E-state index in [9.17, 15) is 64.5 Å². The van der Waals surface area contributed by atoms with Gasteiger partial charge in [0.1, 0.15) is 45.2 Å². The number of carbonyl (C=O) groups excluding carboxylic acids is 4. The van der Waals surface area contributed by atoms with Crippen molar-refractivity contribution in [1.29, 1.82) is 0 Å². The van der Waals surface area contributed by atoms with Gasteiger partial charge in [-0.15, -0.1) is 0 Å². The number of cyclic esters (lactones) is 2. The first kappa shape index (κ1) is 31.8. The van der Waals surface area contributed by atoms with Gasteiger partial charge in [0.05, 0.1) is 5.92 Å². The highest BCUT2D eigenvalue weighted by molar-refractivity contribution is 6.20. The normalized spacial score (nSPS) is 27.6. The molecule has 2 heterocycles. The molecule has 1 fully saturated rings. The van der Waals surface area contributed by atoms with E-state index < -0.39 is 116 Å². The maximum absolute atomic E-state index is 13.7. The molecule has 4 atom stereocenters. The van der Waals surface area contributed by atoms with Gasteiger partial charge in [-0.05, 0) is 52.6 Å². The molecule has 15 heteroatoms. The molecule has 5 aliphatic rings. The largest absolute Gasteiger partial charge is 0.508 e. The molecule has 0 amide bonds. The number of carboxylic acid groups (broad SMARTS) is 2. The van der Waals surface area contributed by atoms with Crippen LogP contribution in [0, 0.1) is 17.8 Å². The standard InChI is InChI=1S/C35H22O15/c36-14-5-1-12(2-6-14)22(31(42)43)29-27(40)24(33(46)49-29)17-10-21(39)35(48)19-11-20(38)26(35)18(9-16(17)19)25-28(41)30(50-34(25)47)23(32(44)45)13-3-7-15(37)8-4-13/h1-10,16,19,26,36-37,40-41,48H,11H2,(H,42,43)(H,44,45). The molecule has 1 saturated carbocycles. The molecule has 15 nitrogen and oxygen atoms in total. The summed E-state index contributed by atoms with van der Waals surface area (Å²) < 4.78 is 10.4. The second-order valence-corrected chi connectivity index (χ2v) is 12.0. The molecule has 0 spiro atoms. The molecule has 252 valence electrons. The zero-order valence-electron chi connectivity index (χ0n) is 25.1.